The minimum Gasteiger partial charge on any atom is -0.457 e. The summed E-state index contributed by atoms with van der Waals surface area (Å²) in [6, 6.07) is 0. The van der Waals surface area contributed by atoms with Crippen LogP contribution >= 0.6 is 0 Å². The molecular weight excluding hydrogens is 276 g/mol. The largest absolute Gasteiger partial charge is 0.457 e. The van der Waals surface area contributed by atoms with E-state index in [1.807, 2.05) is 11.6 Å². The van der Waals surface area contributed by atoms with Crippen LogP contribution in [0.25, 0.3) is 0 Å². The molecule has 1 heterocycles. The molecule has 0 spiro atoms. The van der Waals surface area contributed by atoms with E-state index in [-0.39, 0.29) is 11.9 Å². The van der Waals surface area contributed by atoms with Gasteiger partial charge in [-0.2, -0.15) is 0 Å². The first-order chi connectivity index (χ1) is 10.5. The van der Waals surface area contributed by atoms with Crippen molar-refractivity contribution in [3.05, 3.63) is 29.4 Å². The van der Waals surface area contributed by atoms with Crippen LogP contribution in [0.1, 0.15) is 58.6 Å². The zero-order valence-corrected chi connectivity index (χ0v) is 14.4. The number of hydrogen-bond donors (Lipinski definition) is 0. The van der Waals surface area contributed by atoms with Crippen molar-refractivity contribution in [3.8, 4) is 0 Å². The van der Waals surface area contributed by atoms with E-state index >= 15 is 0 Å². The predicted octanol–water partition coefficient (Wildman–Crippen LogP) is 3.29. The van der Waals surface area contributed by atoms with Gasteiger partial charge in [-0.1, -0.05) is 24.5 Å². The van der Waals surface area contributed by atoms with E-state index in [1.165, 1.54) is 24.0 Å². The van der Waals surface area contributed by atoms with E-state index in [9.17, 15) is 4.79 Å². The third-order valence-electron chi connectivity index (χ3n) is 4.70. The summed E-state index contributed by atoms with van der Waals surface area (Å²) in [6.07, 6.45) is 9.29. The molecule has 0 saturated heterocycles. The van der Waals surface area contributed by atoms with E-state index in [0.29, 0.717) is 6.61 Å². The number of aromatic nitrogens is 2. The van der Waals surface area contributed by atoms with Gasteiger partial charge in [0.25, 0.3) is 0 Å². The molecule has 0 radical (unpaired) electrons. The first-order valence-corrected chi connectivity index (χ1v) is 8.37. The Bertz CT molecular complexity index is 557. The van der Waals surface area contributed by atoms with E-state index in [1.54, 1.807) is 0 Å². The number of aryl methyl sites for hydroxylation is 2. The molecule has 122 valence electrons. The molecule has 4 nitrogen and oxygen atoms in total. The Balaban J connectivity index is 1.87. The van der Waals surface area contributed by atoms with Gasteiger partial charge in [-0.25, -0.2) is 9.13 Å². The van der Waals surface area contributed by atoms with Crippen LogP contribution in [0.4, 0.5) is 0 Å². The van der Waals surface area contributed by atoms with Gasteiger partial charge in [-0.3, -0.25) is 4.79 Å². The molecule has 0 amide bonds. The van der Waals surface area contributed by atoms with E-state index < -0.39 is 0 Å². The lowest BCUT2D eigenvalue weighted by molar-refractivity contribution is -0.697. The average Bonchev–Trinajstić information content (AvgIpc) is 2.85. The molecule has 0 aromatic carbocycles. The normalized spacial score (nSPS) is 18.6. The van der Waals surface area contributed by atoms with Gasteiger partial charge in [0.05, 0.1) is 19.5 Å². The Morgan fingerprint density at radius 2 is 2.18 bits per heavy atom. The SMILES string of the molecule is CCCC[n+]1cc(COC(=O)C2CCC(C)=C(C)C2)n(C)c1. The molecule has 0 bridgehead atoms. The smallest absolute Gasteiger partial charge is 0.309 e. The maximum Gasteiger partial charge on any atom is 0.309 e. The van der Waals surface area contributed by atoms with Crippen molar-refractivity contribution in [1.29, 1.82) is 0 Å². The van der Waals surface area contributed by atoms with Crippen LogP contribution in [0.15, 0.2) is 23.7 Å². The van der Waals surface area contributed by atoms with Crippen molar-refractivity contribution < 1.29 is 14.1 Å². The van der Waals surface area contributed by atoms with Crippen molar-refractivity contribution >= 4 is 5.97 Å². The number of nitrogens with zero attached hydrogens (tertiary/aromatic N) is 2. The third-order valence-corrected chi connectivity index (χ3v) is 4.70. The lowest BCUT2D eigenvalue weighted by atomic mass is 9.85. The molecule has 0 N–H and O–H groups in total. The van der Waals surface area contributed by atoms with E-state index in [0.717, 1.165) is 31.5 Å². The molecule has 1 aromatic rings. The Morgan fingerprint density at radius 3 is 2.86 bits per heavy atom. The lowest BCUT2D eigenvalue weighted by Crippen LogP contribution is -2.30. The minimum absolute atomic E-state index is 0.0381. The van der Waals surface area contributed by atoms with Crippen LogP contribution in [-0.4, -0.2) is 10.5 Å². The second-order valence-corrected chi connectivity index (χ2v) is 6.55. The fourth-order valence-electron chi connectivity index (χ4n) is 2.93. The van der Waals surface area contributed by atoms with Crippen molar-refractivity contribution in [1.82, 2.24) is 4.57 Å². The second kappa shape index (κ2) is 7.61. The van der Waals surface area contributed by atoms with Gasteiger partial charge in [-0.05, 0) is 39.5 Å². The van der Waals surface area contributed by atoms with Gasteiger partial charge in [0, 0.05) is 0 Å². The predicted molar refractivity (Wildman–Crippen MR) is 86.0 cm³/mol. The van der Waals surface area contributed by atoms with Crippen LogP contribution < -0.4 is 4.57 Å². The monoisotopic (exact) mass is 305 g/mol. The molecule has 1 atom stereocenters. The molecule has 0 saturated carbocycles. The Labute approximate surface area is 133 Å². The molecular formula is C18H29N2O2+. The Kier molecular flexibility index (Phi) is 5.81. The summed E-state index contributed by atoms with van der Waals surface area (Å²) in [7, 11) is 2.00. The van der Waals surface area contributed by atoms with Gasteiger partial charge >= 0.3 is 5.97 Å². The number of imidazole rings is 1. The molecule has 1 aliphatic carbocycles. The van der Waals surface area contributed by atoms with Crippen molar-refractivity contribution in [2.45, 2.75) is 66.0 Å². The molecule has 0 fully saturated rings. The van der Waals surface area contributed by atoms with Crippen LogP contribution in [0.2, 0.25) is 0 Å². The molecule has 1 aliphatic rings. The first kappa shape index (κ1) is 16.8. The van der Waals surface area contributed by atoms with E-state index in [4.69, 9.17) is 4.74 Å². The van der Waals surface area contributed by atoms with Gasteiger partial charge < -0.3 is 4.74 Å². The highest BCUT2D eigenvalue weighted by molar-refractivity contribution is 5.73. The Hall–Kier alpha value is -1.58. The van der Waals surface area contributed by atoms with Crippen LogP contribution in [0.3, 0.4) is 0 Å². The summed E-state index contributed by atoms with van der Waals surface area (Å²) in [5.74, 6) is -0.00987. The van der Waals surface area contributed by atoms with Crippen LogP contribution in [0, 0.1) is 5.92 Å². The zero-order valence-electron chi connectivity index (χ0n) is 14.4. The van der Waals surface area contributed by atoms with Gasteiger partial charge in [0.1, 0.15) is 6.20 Å². The number of carbonyl (C=O) groups excluding carboxylic acids is 1. The highest BCUT2D eigenvalue weighted by Crippen LogP contribution is 2.29. The number of carbonyl (C=O) groups is 1. The van der Waals surface area contributed by atoms with Crippen molar-refractivity contribution in [3.63, 3.8) is 0 Å². The maximum atomic E-state index is 12.3. The van der Waals surface area contributed by atoms with Crippen LogP contribution in [0.5, 0.6) is 0 Å². The summed E-state index contributed by atoms with van der Waals surface area (Å²) >= 11 is 0. The molecule has 4 heteroatoms. The van der Waals surface area contributed by atoms with Crippen molar-refractivity contribution in [2.75, 3.05) is 0 Å². The highest BCUT2D eigenvalue weighted by Gasteiger charge is 2.25. The molecule has 0 aliphatic heterocycles. The quantitative estimate of drug-likeness (QED) is 0.459. The number of esters is 1. The average molecular weight is 305 g/mol. The summed E-state index contributed by atoms with van der Waals surface area (Å²) < 4.78 is 9.77. The molecule has 22 heavy (non-hydrogen) atoms. The van der Waals surface area contributed by atoms with Crippen molar-refractivity contribution in [2.24, 2.45) is 13.0 Å². The summed E-state index contributed by atoms with van der Waals surface area (Å²) in [4.78, 5) is 12.3. The molecule has 1 unspecified atom stereocenters. The third kappa shape index (κ3) is 4.21. The topological polar surface area (TPSA) is 35.1 Å². The van der Waals surface area contributed by atoms with Gasteiger partial charge in [-0.15, -0.1) is 0 Å². The highest BCUT2D eigenvalue weighted by atomic mass is 16.5. The second-order valence-electron chi connectivity index (χ2n) is 6.55. The number of allylic oxidation sites excluding steroid dienone is 2. The van der Waals surface area contributed by atoms with Crippen LogP contribution in [-0.2, 0) is 29.7 Å². The minimum atomic E-state index is -0.0480. The lowest BCUT2D eigenvalue weighted by Gasteiger charge is -2.22. The van der Waals surface area contributed by atoms with Gasteiger partial charge in [0.2, 0.25) is 6.33 Å². The first-order valence-electron chi connectivity index (χ1n) is 8.37. The standard InChI is InChI=1S/C18H29N2O2/c1-5-6-9-20-11-17(19(4)13-20)12-22-18(21)16-8-7-14(2)15(3)10-16/h11,13,16H,5-10,12H2,1-4H3/q+1. The fourth-order valence-corrected chi connectivity index (χ4v) is 2.93. The summed E-state index contributed by atoms with van der Waals surface area (Å²) in [5, 5.41) is 0. The van der Waals surface area contributed by atoms with E-state index in [2.05, 4.69) is 37.9 Å². The fraction of sp³-hybridized carbons (Fsp3) is 0.667. The number of ether oxygens (including phenoxy) is 1. The Morgan fingerprint density at radius 1 is 1.41 bits per heavy atom. The van der Waals surface area contributed by atoms with Gasteiger partial charge in [0.15, 0.2) is 12.3 Å². The maximum absolute atomic E-state index is 12.3. The molecule has 2 rings (SSSR count). The number of hydrogen-bond acceptors (Lipinski definition) is 2. The number of unbranched alkanes of at least 4 members (excludes halogenated alkanes) is 1. The molecule has 1 aromatic heterocycles. The summed E-state index contributed by atoms with van der Waals surface area (Å²) in [6.45, 7) is 7.86. The zero-order chi connectivity index (χ0) is 16.1. The number of rotatable bonds is 6. The summed E-state index contributed by atoms with van der Waals surface area (Å²) in [5.41, 5.74) is 3.83.